The Morgan fingerprint density at radius 3 is 2.23 bits per heavy atom. The minimum Gasteiger partial charge on any atom is -0.216 e. The summed E-state index contributed by atoms with van der Waals surface area (Å²) < 4.78 is 3.41. The van der Waals surface area contributed by atoms with Crippen molar-refractivity contribution < 1.29 is 0 Å². The van der Waals surface area contributed by atoms with Gasteiger partial charge in [-0.15, -0.1) is 5.10 Å². The normalized spacial score (nSPS) is 11.5. The fraction of sp³-hybridized carbons (Fsp3) is 0. The second kappa shape index (κ2) is 5.79. The van der Waals surface area contributed by atoms with E-state index in [-0.39, 0.29) is 0 Å². The van der Waals surface area contributed by atoms with Gasteiger partial charge in [0.2, 0.25) is 0 Å². The van der Waals surface area contributed by atoms with E-state index in [1.807, 2.05) is 48.5 Å². The number of fused-ring (bicyclic) bond motifs is 3. The molecule has 26 heavy (non-hydrogen) atoms. The maximum atomic E-state index is 5.96. The molecule has 0 aliphatic heterocycles. The summed E-state index contributed by atoms with van der Waals surface area (Å²) >= 11 is 11.9. The molecule has 6 nitrogen and oxygen atoms in total. The Hall–Kier alpha value is -2.96. The van der Waals surface area contributed by atoms with Crippen molar-refractivity contribution in [1.29, 1.82) is 0 Å². The first-order valence-electron chi connectivity index (χ1n) is 7.80. The van der Waals surface area contributed by atoms with E-state index >= 15 is 0 Å². The second-order valence-corrected chi connectivity index (χ2v) is 6.60. The molecule has 2 aromatic carbocycles. The van der Waals surface area contributed by atoms with Crippen LogP contribution in [0.3, 0.4) is 0 Å². The third-order valence-corrected chi connectivity index (χ3v) is 4.58. The average Bonchev–Trinajstić information content (AvgIpc) is 3.26. The monoisotopic (exact) mass is 380 g/mol. The molecule has 5 aromatic rings. The summed E-state index contributed by atoms with van der Waals surface area (Å²) in [5.74, 6) is 0.607. The first kappa shape index (κ1) is 15.3. The lowest BCUT2D eigenvalue weighted by Crippen LogP contribution is -1.98. The fourth-order valence-electron chi connectivity index (χ4n) is 2.81. The van der Waals surface area contributed by atoms with Crippen LogP contribution in [0.15, 0.2) is 61.1 Å². The Morgan fingerprint density at radius 2 is 1.50 bits per heavy atom. The topological polar surface area (TPSA) is 60.9 Å². The summed E-state index contributed by atoms with van der Waals surface area (Å²) in [5, 5.41) is 11.1. The molecule has 3 aromatic heterocycles. The number of benzene rings is 2. The average molecular weight is 381 g/mol. The predicted octanol–water partition coefficient (Wildman–Crippen LogP) is 4.44. The zero-order valence-electron chi connectivity index (χ0n) is 13.2. The Bertz CT molecular complexity index is 1240. The van der Waals surface area contributed by atoms with Crippen molar-refractivity contribution >= 4 is 39.9 Å². The van der Waals surface area contributed by atoms with Gasteiger partial charge in [0.25, 0.3) is 0 Å². The number of halogens is 2. The number of nitrogens with zero attached hydrogens (tertiary/aromatic N) is 6. The van der Waals surface area contributed by atoms with Gasteiger partial charge in [0, 0.05) is 15.6 Å². The van der Waals surface area contributed by atoms with Crippen LogP contribution in [0, 0.1) is 0 Å². The van der Waals surface area contributed by atoms with Crippen LogP contribution in [0.1, 0.15) is 0 Å². The SMILES string of the molecule is Clc1ccc(-c2nc3c4cnn(-c5ccc(Cl)cc5)c4ncn3n2)cc1. The third kappa shape index (κ3) is 2.42. The van der Waals surface area contributed by atoms with Crippen molar-refractivity contribution in [2.75, 3.05) is 0 Å². The van der Waals surface area contributed by atoms with E-state index in [9.17, 15) is 0 Å². The summed E-state index contributed by atoms with van der Waals surface area (Å²) in [4.78, 5) is 9.15. The molecule has 0 bridgehead atoms. The molecule has 0 N–H and O–H groups in total. The summed E-state index contributed by atoms with van der Waals surface area (Å²) in [6.07, 6.45) is 3.38. The third-order valence-electron chi connectivity index (χ3n) is 4.08. The predicted molar refractivity (Wildman–Crippen MR) is 101 cm³/mol. The molecule has 3 heterocycles. The second-order valence-electron chi connectivity index (χ2n) is 5.73. The van der Waals surface area contributed by atoms with Crippen LogP contribution in [0.25, 0.3) is 33.8 Å². The van der Waals surface area contributed by atoms with Crippen molar-refractivity contribution in [2.24, 2.45) is 0 Å². The first-order valence-corrected chi connectivity index (χ1v) is 8.56. The van der Waals surface area contributed by atoms with E-state index in [4.69, 9.17) is 23.2 Å². The molecule has 0 aliphatic carbocycles. The molecule has 0 unspecified atom stereocenters. The molecule has 126 valence electrons. The lowest BCUT2D eigenvalue weighted by Gasteiger charge is -2.02. The number of aromatic nitrogens is 6. The van der Waals surface area contributed by atoms with Gasteiger partial charge in [-0.1, -0.05) is 23.2 Å². The van der Waals surface area contributed by atoms with Gasteiger partial charge < -0.3 is 0 Å². The van der Waals surface area contributed by atoms with Crippen molar-refractivity contribution in [2.45, 2.75) is 0 Å². The summed E-state index contributed by atoms with van der Waals surface area (Å²) in [6, 6.07) is 14.8. The molecule has 0 radical (unpaired) electrons. The molecule has 0 spiro atoms. The highest BCUT2D eigenvalue weighted by molar-refractivity contribution is 6.30. The Labute approximate surface area is 157 Å². The highest BCUT2D eigenvalue weighted by Crippen LogP contribution is 2.24. The van der Waals surface area contributed by atoms with Crippen LogP contribution >= 0.6 is 23.2 Å². The van der Waals surface area contributed by atoms with Gasteiger partial charge in [0.05, 0.1) is 17.3 Å². The smallest absolute Gasteiger partial charge is 0.182 e. The molecule has 0 saturated heterocycles. The molecule has 0 atom stereocenters. The highest BCUT2D eigenvalue weighted by atomic mass is 35.5. The standard InChI is InChI=1S/C18H10Cl2N6/c19-12-3-1-11(2-4-12)16-23-18-15-9-22-26(14-7-5-13(20)6-8-14)17(15)21-10-25(18)24-16/h1-10H. The van der Waals surface area contributed by atoms with Gasteiger partial charge in [0.15, 0.2) is 17.1 Å². The number of hydrogen-bond donors (Lipinski definition) is 0. The van der Waals surface area contributed by atoms with Crippen molar-refractivity contribution in [3.8, 4) is 17.1 Å². The van der Waals surface area contributed by atoms with Crippen LogP contribution in [0.2, 0.25) is 10.0 Å². The fourth-order valence-corrected chi connectivity index (χ4v) is 3.07. The molecule has 8 heteroatoms. The largest absolute Gasteiger partial charge is 0.216 e. The summed E-state index contributed by atoms with van der Waals surface area (Å²) in [7, 11) is 0. The van der Waals surface area contributed by atoms with E-state index in [0.717, 1.165) is 16.6 Å². The van der Waals surface area contributed by atoms with E-state index in [2.05, 4.69) is 20.2 Å². The van der Waals surface area contributed by atoms with E-state index < -0.39 is 0 Å². The Balaban J connectivity index is 1.68. The maximum Gasteiger partial charge on any atom is 0.182 e. The van der Waals surface area contributed by atoms with Gasteiger partial charge in [0.1, 0.15) is 6.33 Å². The molecular formula is C18H10Cl2N6. The number of rotatable bonds is 2. The quantitative estimate of drug-likeness (QED) is 0.454. The molecule has 0 saturated carbocycles. The lowest BCUT2D eigenvalue weighted by molar-refractivity contribution is 0.882. The van der Waals surface area contributed by atoms with Gasteiger partial charge >= 0.3 is 0 Å². The zero-order valence-corrected chi connectivity index (χ0v) is 14.7. The molecule has 5 rings (SSSR count). The van der Waals surface area contributed by atoms with Crippen molar-refractivity contribution in [3.05, 3.63) is 71.1 Å². The van der Waals surface area contributed by atoms with Gasteiger partial charge in [-0.2, -0.15) is 5.10 Å². The first-order chi connectivity index (χ1) is 12.7. The van der Waals surface area contributed by atoms with E-state index in [1.54, 1.807) is 21.7 Å². The number of hydrogen-bond acceptors (Lipinski definition) is 4. The van der Waals surface area contributed by atoms with Crippen molar-refractivity contribution in [3.63, 3.8) is 0 Å². The Morgan fingerprint density at radius 1 is 0.808 bits per heavy atom. The maximum absolute atomic E-state index is 5.96. The molecule has 0 amide bonds. The summed E-state index contributed by atoms with van der Waals surface area (Å²) in [5.41, 5.74) is 3.16. The minimum atomic E-state index is 0.607. The summed E-state index contributed by atoms with van der Waals surface area (Å²) in [6.45, 7) is 0. The van der Waals surface area contributed by atoms with Crippen LogP contribution in [-0.2, 0) is 0 Å². The zero-order chi connectivity index (χ0) is 17.7. The van der Waals surface area contributed by atoms with Gasteiger partial charge in [-0.25, -0.2) is 19.2 Å². The Kier molecular flexibility index (Phi) is 3.41. The van der Waals surface area contributed by atoms with E-state index in [1.165, 1.54) is 0 Å². The van der Waals surface area contributed by atoms with Crippen LogP contribution in [0.4, 0.5) is 0 Å². The van der Waals surface area contributed by atoms with Gasteiger partial charge in [-0.3, -0.25) is 0 Å². The van der Waals surface area contributed by atoms with Gasteiger partial charge in [-0.05, 0) is 48.5 Å². The molecule has 0 aliphatic rings. The molecule has 0 fully saturated rings. The van der Waals surface area contributed by atoms with Crippen LogP contribution in [0.5, 0.6) is 0 Å². The van der Waals surface area contributed by atoms with Crippen LogP contribution in [-0.4, -0.2) is 29.4 Å². The van der Waals surface area contributed by atoms with Crippen LogP contribution < -0.4 is 0 Å². The van der Waals surface area contributed by atoms with Crippen molar-refractivity contribution in [1.82, 2.24) is 29.4 Å². The van der Waals surface area contributed by atoms with E-state index in [0.29, 0.717) is 27.2 Å². The highest BCUT2D eigenvalue weighted by Gasteiger charge is 2.14. The molecular weight excluding hydrogens is 371 g/mol. The lowest BCUT2D eigenvalue weighted by atomic mass is 10.2. The minimum absolute atomic E-state index is 0.607.